The van der Waals surface area contributed by atoms with E-state index >= 15 is 0 Å². The Morgan fingerprint density at radius 1 is 1.44 bits per heavy atom. The van der Waals surface area contributed by atoms with Crippen LogP contribution in [0.1, 0.15) is 20.9 Å². The minimum atomic E-state index is -0.0288. The van der Waals surface area contributed by atoms with Gasteiger partial charge in [-0.3, -0.25) is 9.20 Å². The summed E-state index contributed by atoms with van der Waals surface area (Å²) in [6.45, 7) is 2.41. The summed E-state index contributed by atoms with van der Waals surface area (Å²) in [5, 5.41) is 6.81. The van der Waals surface area contributed by atoms with Crippen LogP contribution < -0.4 is 5.32 Å². The van der Waals surface area contributed by atoms with Crippen molar-refractivity contribution in [3.8, 4) is 0 Å². The highest BCUT2D eigenvalue weighted by Gasteiger charge is 2.10. The topological polar surface area (TPSA) is 46.4 Å². The van der Waals surface area contributed by atoms with Crippen LogP contribution in [0.3, 0.4) is 0 Å². The number of thiophene rings is 1. The molecule has 0 unspecified atom stereocenters. The molecule has 0 spiro atoms. The van der Waals surface area contributed by atoms with Gasteiger partial charge in [-0.2, -0.15) is 0 Å². The first-order valence-corrected chi connectivity index (χ1v) is 7.23. The van der Waals surface area contributed by atoms with Crippen LogP contribution in [0.5, 0.6) is 0 Å². The van der Waals surface area contributed by atoms with Crippen LogP contribution in [0.25, 0.3) is 4.96 Å². The maximum atomic E-state index is 11.9. The molecular formula is C12H11N3OS2. The molecule has 6 heteroatoms. The van der Waals surface area contributed by atoms with Gasteiger partial charge in [0, 0.05) is 17.8 Å². The summed E-state index contributed by atoms with van der Waals surface area (Å²) in [6.07, 6.45) is 3.90. The molecule has 3 aromatic rings. The van der Waals surface area contributed by atoms with E-state index in [1.807, 2.05) is 40.5 Å². The molecular weight excluding hydrogens is 266 g/mol. The SMILES string of the molecule is Cc1ccsc1C(=O)NCc1cn2ccsc2n1. The predicted octanol–water partition coefficient (Wildman–Crippen LogP) is 2.70. The molecule has 0 atom stereocenters. The molecule has 0 fully saturated rings. The lowest BCUT2D eigenvalue weighted by molar-refractivity contribution is 0.0954. The summed E-state index contributed by atoms with van der Waals surface area (Å²) in [4.78, 5) is 18.1. The van der Waals surface area contributed by atoms with Crippen molar-refractivity contribution in [2.75, 3.05) is 0 Å². The van der Waals surface area contributed by atoms with Crippen LogP contribution in [0, 0.1) is 6.92 Å². The van der Waals surface area contributed by atoms with Crippen molar-refractivity contribution >= 4 is 33.5 Å². The van der Waals surface area contributed by atoms with Gasteiger partial charge in [-0.15, -0.1) is 22.7 Å². The fraction of sp³-hybridized carbons (Fsp3) is 0.167. The van der Waals surface area contributed by atoms with Gasteiger partial charge in [0.2, 0.25) is 0 Å². The Labute approximate surface area is 112 Å². The minimum Gasteiger partial charge on any atom is -0.346 e. The van der Waals surface area contributed by atoms with Crippen LogP contribution in [0.2, 0.25) is 0 Å². The zero-order valence-corrected chi connectivity index (χ0v) is 11.3. The second-order valence-electron chi connectivity index (χ2n) is 3.94. The Bertz CT molecular complexity index is 666. The summed E-state index contributed by atoms with van der Waals surface area (Å²) in [5.74, 6) is -0.0288. The smallest absolute Gasteiger partial charge is 0.261 e. The van der Waals surface area contributed by atoms with E-state index in [2.05, 4.69) is 10.3 Å². The standard InChI is InChI=1S/C12H11N3OS2/c1-8-2-4-17-10(8)11(16)13-6-9-7-15-3-5-18-12(15)14-9/h2-5,7H,6H2,1H3,(H,13,16). The van der Waals surface area contributed by atoms with Crippen molar-refractivity contribution in [1.82, 2.24) is 14.7 Å². The molecule has 0 aliphatic heterocycles. The van der Waals surface area contributed by atoms with Gasteiger partial charge in [-0.1, -0.05) is 0 Å². The third-order valence-corrected chi connectivity index (χ3v) is 4.43. The van der Waals surface area contributed by atoms with E-state index in [-0.39, 0.29) is 5.91 Å². The number of amides is 1. The first kappa shape index (κ1) is 11.4. The second kappa shape index (κ2) is 4.55. The van der Waals surface area contributed by atoms with Crippen molar-refractivity contribution in [1.29, 1.82) is 0 Å². The summed E-state index contributed by atoms with van der Waals surface area (Å²) < 4.78 is 1.96. The van der Waals surface area contributed by atoms with E-state index in [0.717, 1.165) is 21.1 Å². The zero-order valence-electron chi connectivity index (χ0n) is 9.71. The lowest BCUT2D eigenvalue weighted by Gasteiger charge is -2.01. The van der Waals surface area contributed by atoms with Gasteiger partial charge in [-0.05, 0) is 23.9 Å². The lowest BCUT2D eigenvalue weighted by Crippen LogP contribution is -2.22. The quantitative estimate of drug-likeness (QED) is 0.800. The Morgan fingerprint density at radius 2 is 2.33 bits per heavy atom. The number of fused-ring (bicyclic) bond motifs is 1. The highest BCUT2D eigenvalue weighted by molar-refractivity contribution is 7.15. The van der Waals surface area contributed by atoms with Crippen molar-refractivity contribution in [3.05, 3.63) is 45.4 Å². The van der Waals surface area contributed by atoms with Crippen molar-refractivity contribution in [3.63, 3.8) is 0 Å². The fourth-order valence-electron chi connectivity index (χ4n) is 1.72. The predicted molar refractivity (Wildman–Crippen MR) is 73.3 cm³/mol. The second-order valence-corrected chi connectivity index (χ2v) is 5.73. The fourth-order valence-corrected chi connectivity index (χ4v) is 3.28. The van der Waals surface area contributed by atoms with Crippen molar-refractivity contribution in [2.45, 2.75) is 13.5 Å². The number of rotatable bonds is 3. The maximum Gasteiger partial charge on any atom is 0.261 e. The van der Waals surface area contributed by atoms with Crippen molar-refractivity contribution < 1.29 is 4.79 Å². The monoisotopic (exact) mass is 277 g/mol. The number of carbonyl (C=O) groups is 1. The van der Waals surface area contributed by atoms with Crippen LogP contribution in [0.15, 0.2) is 29.2 Å². The molecule has 1 amide bonds. The van der Waals surface area contributed by atoms with Crippen LogP contribution in [-0.4, -0.2) is 15.3 Å². The number of thiazole rings is 1. The van der Waals surface area contributed by atoms with Gasteiger partial charge in [-0.25, -0.2) is 4.98 Å². The molecule has 18 heavy (non-hydrogen) atoms. The van der Waals surface area contributed by atoms with Gasteiger partial charge in [0.25, 0.3) is 5.91 Å². The molecule has 3 rings (SSSR count). The summed E-state index contributed by atoms with van der Waals surface area (Å²) >= 11 is 3.05. The lowest BCUT2D eigenvalue weighted by atomic mass is 10.3. The normalized spacial score (nSPS) is 10.9. The number of aromatic nitrogens is 2. The van der Waals surface area contributed by atoms with Gasteiger partial charge < -0.3 is 5.32 Å². The zero-order chi connectivity index (χ0) is 12.5. The minimum absolute atomic E-state index is 0.0288. The maximum absolute atomic E-state index is 11.9. The third kappa shape index (κ3) is 2.04. The molecule has 0 radical (unpaired) electrons. The van der Waals surface area contributed by atoms with Crippen molar-refractivity contribution in [2.24, 2.45) is 0 Å². The summed E-state index contributed by atoms with van der Waals surface area (Å²) in [7, 11) is 0. The number of nitrogens with one attached hydrogen (secondary N) is 1. The number of hydrogen-bond donors (Lipinski definition) is 1. The number of aryl methyl sites for hydroxylation is 1. The van der Waals surface area contributed by atoms with E-state index in [4.69, 9.17) is 0 Å². The summed E-state index contributed by atoms with van der Waals surface area (Å²) in [6, 6.07) is 1.95. The number of carbonyl (C=O) groups excluding carboxylic acids is 1. The summed E-state index contributed by atoms with van der Waals surface area (Å²) in [5.41, 5.74) is 1.90. The molecule has 0 saturated heterocycles. The highest BCUT2D eigenvalue weighted by Crippen LogP contribution is 2.15. The Kier molecular flexibility index (Phi) is 2.89. The first-order valence-electron chi connectivity index (χ1n) is 5.47. The van der Waals surface area contributed by atoms with Crippen LogP contribution in [-0.2, 0) is 6.54 Å². The molecule has 0 bridgehead atoms. The average molecular weight is 277 g/mol. The molecule has 3 aromatic heterocycles. The number of hydrogen-bond acceptors (Lipinski definition) is 4. The Hall–Kier alpha value is -1.66. The molecule has 0 aliphatic carbocycles. The molecule has 0 saturated carbocycles. The van der Waals surface area contributed by atoms with E-state index in [0.29, 0.717) is 6.54 Å². The number of imidazole rings is 1. The molecule has 0 aliphatic rings. The molecule has 3 heterocycles. The van der Waals surface area contributed by atoms with Crippen LogP contribution >= 0.6 is 22.7 Å². The highest BCUT2D eigenvalue weighted by atomic mass is 32.1. The molecule has 4 nitrogen and oxygen atoms in total. The Morgan fingerprint density at radius 3 is 3.06 bits per heavy atom. The van der Waals surface area contributed by atoms with E-state index in [9.17, 15) is 4.79 Å². The van der Waals surface area contributed by atoms with E-state index in [1.54, 1.807) is 11.3 Å². The molecule has 1 N–H and O–H groups in total. The van der Waals surface area contributed by atoms with Gasteiger partial charge in [0.1, 0.15) is 0 Å². The first-order chi connectivity index (χ1) is 8.74. The van der Waals surface area contributed by atoms with E-state index in [1.165, 1.54) is 11.3 Å². The Balaban J connectivity index is 1.69. The van der Waals surface area contributed by atoms with Gasteiger partial charge in [0.15, 0.2) is 4.96 Å². The number of nitrogens with zero attached hydrogens (tertiary/aromatic N) is 2. The molecule has 92 valence electrons. The van der Waals surface area contributed by atoms with Crippen LogP contribution in [0.4, 0.5) is 0 Å². The average Bonchev–Trinajstić information content (AvgIpc) is 3.00. The van der Waals surface area contributed by atoms with E-state index < -0.39 is 0 Å². The molecule has 0 aromatic carbocycles. The van der Waals surface area contributed by atoms with Gasteiger partial charge >= 0.3 is 0 Å². The largest absolute Gasteiger partial charge is 0.346 e. The van der Waals surface area contributed by atoms with Gasteiger partial charge in [0.05, 0.1) is 17.1 Å². The third-order valence-electron chi connectivity index (χ3n) is 2.64.